The molecule has 1 N–H and O–H groups in total. The molecule has 3 rings (SSSR count). The fourth-order valence-corrected chi connectivity index (χ4v) is 2.63. The Labute approximate surface area is 143 Å². The second-order valence-corrected chi connectivity index (χ2v) is 7.15. The van der Waals surface area contributed by atoms with Crippen molar-refractivity contribution in [2.75, 3.05) is 26.3 Å². The van der Waals surface area contributed by atoms with Crippen molar-refractivity contribution in [1.29, 1.82) is 0 Å². The van der Waals surface area contributed by atoms with Gasteiger partial charge in [0.2, 0.25) is 0 Å². The lowest BCUT2D eigenvalue weighted by molar-refractivity contribution is 0.0331. The zero-order chi connectivity index (χ0) is 17.0. The molecule has 6 nitrogen and oxygen atoms in total. The summed E-state index contributed by atoms with van der Waals surface area (Å²) in [6, 6.07) is 8.23. The van der Waals surface area contributed by atoms with Gasteiger partial charge < -0.3 is 9.47 Å². The Kier molecular flexibility index (Phi) is 5.16. The van der Waals surface area contributed by atoms with Gasteiger partial charge in [0.1, 0.15) is 12.4 Å². The Morgan fingerprint density at radius 1 is 1.17 bits per heavy atom. The topological polar surface area (TPSA) is 63.3 Å². The fraction of sp³-hybridized carbons (Fsp3) is 0.556. The molecule has 0 spiro atoms. The van der Waals surface area contributed by atoms with Crippen LogP contribution in [0.2, 0.25) is 0 Å². The van der Waals surface area contributed by atoms with Crippen molar-refractivity contribution in [3.63, 3.8) is 0 Å². The second kappa shape index (κ2) is 7.32. The average molecular weight is 330 g/mol. The third kappa shape index (κ3) is 4.55. The van der Waals surface area contributed by atoms with Gasteiger partial charge in [0.15, 0.2) is 11.6 Å². The number of ether oxygens (including phenoxy) is 2. The summed E-state index contributed by atoms with van der Waals surface area (Å²) in [5.74, 6) is 2.39. The van der Waals surface area contributed by atoms with Crippen LogP contribution in [0.25, 0.3) is 0 Å². The lowest BCUT2D eigenvalue weighted by Gasteiger charge is -2.25. The number of nitrogens with one attached hydrogen (secondary N) is 1. The highest BCUT2D eigenvalue weighted by molar-refractivity contribution is 5.31. The first-order valence-electron chi connectivity index (χ1n) is 8.44. The first-order valence-corrected chi connectivity index (χ1v) is 8.44. The molecule has 0 radical (unpaired) electrons. The van der Waals surface area contributed by atoms with Crippen molar-refractivity contribution in [3.8, 4) is 5.75 Å². The molecule has 1 aromatic carbocycles. The molecular formula is C18H26N4O2. The minimum atomic E-state index is 0.151. The first-order chi connectivity index (χ1) is 11.5. The maximum absolute atomic E-state index is 5.80. The summed E-state index contributed by atoms with van der Waals surface area (Å²) in [4.78, 5) is 6.80. The Bertz CT molecular complexity index is 640. The third-order valence-corrected chi connectivity index (χ3v) is 4.14. The van der Waals surface area contributed by atoms with E-state index in [2.05, 4.69) is 53.0 Å². The number of aromatic nitrogens is 3. The van der Waals surface area contributed by atoms with Crippen LogP contribution in [0.3, 0.4) is 0 Å². The van der Waals surface area contributed by atoms with E-state index in [4.69, 9.17) is 9.47 Å². The first kappa shape index (κ1) is 16.9. The van der Waals surface area contributed by atoms with Crippen molar-refractivity contribution >= 4 is 0 Å². The van der Waals surface area contributed by atoms with E-state index in [0.29, 0.717) is 6.61 Å². The van der Waals surface area contributed by atoms with Crippen LogP contribution in [-0.2, 0) is 23.3 Å². The van der Waals surface area contributed by atoms with Gasteiger partial charge in [-0.25, -0.2) is 4.98 Å². The normalized spacial score (nSPS) is 16.3. The summed E-state index contributed by atoms with van der Waals surface area (Å²) in [7, 11) is 0. The van der Waals surface area contributed by atoms with E-state index in [-0.39, 0.29) is 5.41 Å². The molecule has 0 atom stereocenters. The molecule has 130 valence electrons. The summed E-state index contributed by atoms with van der Waals surface area (Å²) >= 11 is 0. The van der Waals surface area contributed by atoms with Crippen LogP contribution in [0, 0.1) is 0 Å². The highest BCUT2D eigenvalue weighted by Crippen LogP contribution is 2.24. The van der Waals surface area contributed by atoms with E-state index in [1.807, 2.05) is 12.1 Å². The Balaban J connectivity index is 1.51. The summed E-state index contributed by atoms with van der Waals surface area (Å²) in [5, 5.41) is 7.23. The molecule has 2 heterocycles. The molecule has 1 saturated heterocycles. The number of nitrogens with zero attached hydrogens (tertiary/aromatic N) is 3. The molecule has 0 unspecified atom stereocenters. The minimum Gasteiger partial charge on any atom is -0.486 e. The SMILES string of the molecule is CC(C)(C)c1ccc(OCc2nc(CN3CCOCC3)n[nH]2)cc1. The molecule has 0 bridgehead atoms. The second-order valence-electron chi connectivity index (χ2n) is 7.15. The highest BCUT2D eigenvalue weighted by Gasteiger charge is 2.14. The zero-order valence-corrected chi connectivity index (χ0v) is 14.7. The number of rotatable bonds is 5. The van der Waals surface area contributed by atoms with Gasteiger partial charge in [0.05, 0.1) is 19.8 Å². The van der Waals surface area contributed by atoms with Crippen molar-refractivity contribution in [1.82, 2.24) is 20.1 Å². The summed E-state index contributed by atoms with van der Waals surface area (Å²) < 4.78 is 11.1. The van der Waals surface area contributed by atoms with Crippen LogP contribution in [0.1, 0.15) is 38.0 Å². The van der Waals surface area contributed by atoms with Crippen molar-refractivity contribution in [2.24, 2.45) is 0 Å². The van der Waals surface area contributed by atoms with Gasteiger partial charge in [-0.2, -0.15) is 5.10 Å². The number of hydrogen-bond donors (Lipinski definition) is 1. The van der Waals surface area contributed by atoms with Crippen LogP contribution in [-0.4, -0.2) is 46.4 Å². The van der Waals surface area contributed by atoms with Crippen LogP contribution in [0.4, 0.5) is 0 Å². The molecule has 24 heavy (non-hydrogen) atoms. The lowest BCUT2D eigenvalue weighted by Crippen LogP contribution is -2.35. The molecule has 1 fully saturated rings. The maximum atomic E-state index is 5.80. The zero-order valence-electron chi connectivity index (χ0n) is 14.7. The highest BCUT2D eigenvalue weighted by atomic mass is 16.5. The van der Waals surface area contributed by atoms with E-state index in [9.17, 15) is 0 Å². The molecular weight excluding hydrogens is 304 g/mol. The predicted octanol–water partition coefficient (Wildman–Crippen LogP) is 2.51. The standard InChI is InChI=1S/C18H26N4O2/c1-18(2,3)14-4-6-15(7-5-14)24-13-17-19-16(20-21-17)12-22-8-10-23-11-9-22/h4-7H,8-13H2,1-3H3,(H,19,20,21). The number of benzene rings is 1. The van der Waals surface area contributed by atoms with Gasteiger partial charge >= 0.3 is 0 Å². The molecule has 1 aliphatic rings. The number of aromatic amines is 1. The molecule has 0 aliphatic carbocycles. The van der Waals surface area contributed by atoms with Crippen molar-refractivity contribution < 1.29 is 9.47 Å². The smallest absolute Gasteiger partial charge is 0.164 e. The predicted molar refractivity (Wildman–Crippen MR) is 92.0 cm³/mol. The Hall–Kier alpha value is -1.92. The number of hydrogen-bond acceptors (Lipinski definition) is 5. The van der Waals surface area contributed by atoms with E-state index >= 15 is 0 Å². The largest absolute Gasteiger partial charge is 0.486 e. The van der Waals surface area contributed by atoms with Crippen LogP contribution >= 0.6 is 0 Å². The third-order valence-electron chi connectivity index (χ3n) is 4.14. The Morgan fingerprint density at radius 2 is 1.88 bits per heavy atom. The Morgan fingerprint density at radius 3 is 2.54 bits per heavy atom. The van der Waals surface area contributed by atoms with Gasteiger partial charge in [-0.1, -0.05) is 32.9 Å². The average Bonchev–Trinajstić information content (AvgIpc) is 3.01. The van der Waals surface area contributed by atoms with Crippen molar-refractivity contribution in [3.05, 3.63) is 41.5 Å². The molecule has 1 aliphatic heterocycles. The van der Waals surface area contributed by atoms with E-state index in [0.717, 1.165) is 50.2 Å². The molecule has 2 aromatic rings. The fourth-order valence-electron chi connectivity index (χ4n) is 2.63. The van der Waals surface area contributed by atoms with Gasteiger partial charge in [-0.05, 0) is 23.1 Å². The summed E-state index contributed by atoms with van der Waals surface area (Å²) in [6.07, 6.45) is 0. The van der Waals surface area contributed by atoms with Gasteiger partial charge in [-0.15, -0.1) is 0 Å². The van der Waals surface area contributed by atoms with Crippen LogP contribution in [0.15, 0.2) is 24.3 Å². The lowest BCUT2D eigenvalue weighted by atomic mass is 9.87. The van der Waals surface area contributed by atoms with Gasteiger partial charge in [0, 0.05) is 13.1 Å². The van der Waals surface area contributed by atoms with E-state index in [1.54, 1.807) is 0 Å². The molecule has 0 saturated carbocycles. The van der Waals surface area contributed by atoms with Crippen molar-refractivity contribution in [2.45, 2.75) is 39.3 Å². The monoisotopic (exact) mass is 330 g/mol. The summed E-state index contributed by atoms with van der Waals surface area (Å²) in [6.45, 7) is 11.2. The number of morpholine rings is 1. The van der Waals surface area contributed by atoms with Crippen LogP contribution < -0.4 is 4.74 Å². The molecule has 6 heteroatoms. The number of H-pyrrole nitrogens is 1. The minimum absolute atomic E-state index is 0.151. The van der Waals surface area contributed by atoms with E-state index < -0.39 is 0 Å². The summed E-state index contributed by atoms with van der Waals surface area (Å²) in [5.41, 5.74) is 1.44. The van der Waals surface area contributed by atoms with E-state index in [1.165, 1.54) is 5.56 Å². The van der Waals surface area contributed by atoms with Gasteiger partial charge in [-0.3, -0.25) is 10.00 Å². The molecule has 1 aromatic heterocycles. The molecule has 0 amide bonds. The maximum Gasteiger partial charge on any atom is 0.164 e. The quantitative estimate of drug-likeness (QED) is 0.913. The van der Waals surface area contributed by atoms with Gasteiger partial charge in [0.25, 0.3) is 0 Å². The van der Waals surface area contributed by atoms with Crippen LogP contribution in [0.5, 0.6) is 5.75 Å².